The van der Waals surface area contributed by atoms with E-state index in [4.69, 9.17) is 0 Å². The van der Waals surface area contributed by atoms with E-state index in [0.717, 1.165) is 0 Å². The predicted octanol–water partition coefficient (Wildman–Crippen LogP) is 0.687. The van der Waals surface area contributed by atoms with Gasteiger partial charge in [0.25, 0.3) is 0 Å². The molecule has 0 aromatic carbocycles. The summed E-state index contributed by atoms with van der Waals surface area (Å²) in [6, 6.07) is -0.344. The van der Waals surface area contributed by atoms with Crippen molar-refractivity contribution in [3.8, 4) is 0 Å². The summed E-state index contributed by atoms with van der Waals surface area (Å²) in [6.07, 6.45) is 2.97. The SMILES string of the molecule is COC(=O)[C@H](N[C@H](C)C1CCC1)[C@H](C)O. The molecule has 0 spiro atoms. The Morgan fingerprint density at radius 1 is 1.47 bits per heavy atom. The first kappa shape index (κ1) is 12.5. The minimum absolute atomic E-state index is 0.262. The molecule has 0 saturated heterocycles. The Labute approximate surface area is 91.0 Å². The molecule has 0 unspecified atom stereocenters. The summed E-state index contributed by atoms with van der Waals surface area (Å²) >= 11 is 0. The van der Waals surface area contributed by atoms with Gasteiger partial charge in [0.1, 0.15) is 6.04 Å². The van der Waals surface area contributed by atoms with E-state index in [1.165, 1.54) is 26.4 Å². The van der Waals surface area contributed by atoms with Gasteiger partial charge < -0.3 is 9.84 Å². The molecule has 0 radical (unpaired) electrons. The second-order valence-electron chi connectivity index (χ2n) is 4.39. The van der Waals surface area contributed by atoms with Gasteiger partial charge in [-0.1, -0.05) is 6.42 Å². The fourth-order valence-corrected chi connectivity index (χ4v) is 1.89. The van der Waals surface area contributed by atoms with Crippen molar-refractivity contribution in [3.05, 3.63) is 0 Å². The van der Waals surface area contributed by atoms with Crippen LogP contribution >= 0.6 is 0 Å². The summed E-state index contributed by atoms with van der Waals surface area (Å²) in [7, 11) is 1.34. The van der Waals surface area contributed by atoms with Crippen molar-refractivity contribution in [1.82, 2.24) is 5.32 Å². The molecule has 88 valence electrons. The first-order chi connectivity index (χ1) is 7.06. The zero-order valence-corrected chi connectivity index (χ0v) is 9.69. The van der Waals surface area contributed by atoms with Crippen LogP contribution in [0.25, 0.3) is 0 Å². The molecule has 1 aliphatic carbocycles. The van der Waals surface area contributed by atoms with Crippen LogP contribution in [0.2, 0.25) is 0 Å². The number of rotatable bonds is 5. The summed E-state index contributed by atoms with van der Waals surface area (Å²) in [6.45, 7) is 3.66. The second kappa shape index (κ2) is 5.47. The van der Waals surface area contributed by atoms with Gasteiger partial charge in [0.2, 0.25) is 0 Å². The highest BCUT2D eigenvalue weighted by Gasteiger charge is 2.30. The molecule has 3 atom stereocenters. The monoisotopic (exact) mass is 215 g/mol. The van der Waals surface area contributed by atoms with Gasteiger partial charge in [-0.15, -0.1) is 0 Å². The van der Waals surface area contributed by atoms with E-state index in [-0.39, 0.29) is 6.04 Å². The number of carbonyl (C=O) groups excluding carboxylic acids is 1. The van der Waals surface area contributed by atoms with Crippen molar-refractivity contribution < 1.29 is 14.6 Å². The van der Waals surface area contributed by atoms with Crippen molar-refractivity contribution in [1.29, 1.82) is 0 Å². The predicted molar refractivity (Wildman–Crippen MR) is 57.4 cm³/mol. The van der Waals surface area contributed by atoms with E-state index in [1.807, 2.05) is 0 Å². The van der Waals surface area contributed by atoms with Crippen LogP contribution in [0.5, 0.6) is 0 Å². The zero-order valence-electron chi connectivity index (χ0n) is 9.69. The van der Waals surface area contributed by atoms with Crippen LogP contribution < -0.4 is 5.32 Å². The van der Waals surface area contributed by atoms with Crippen LogP contribution in [0.1, 0.15) is 33.1 Å². The molecular weight excluding hydrogens is 194 g/mol. The smallest absolute Gasteiger partial charge is 0.325 e. The van der Waals surface area contributed by atoms with Crippen LogP contribution in [0.3, 0.4) is 0 Å². The number of carbonyl (C=O) groups is 1. The largest absolute Gasteiger partial charge is 0.468 e. The molecule has 4 heteroatoms. The lowest BCUT2D eigenvalue weighted by Gasteiger charge is -2.34. The molecule has 4 nitrogen and oxygen atoms in total. The number of hydrogen-bond donors (Lipinski definition) is 2. The van der Waals surface area contributed by atoms with Crippen LogP contribution in [0.15, 0.2) is 0 Å². The molecule has 1 fully saturated rings. The normalized spacial score (nSPS) is 22.7. The third-order valence-electron chi connectivity index (χ3n) is 3.24. The van der Waals surface area contributed by atoms with Crippen molar-refractivity contribution in [2.45, 2.75) is 51.3 Å². The lowest BCUT2D eigenvalue weighted by Crippen LogP contribution is -2.52. The van der Waals surface area contributed by atoms with E-state index in [9.17, 15) is 9.90 Å². The van der Waals surface area contributed by atoms with Gasteiger partial charge in [0.15, 0.2) is 0 Å². The molecule has 1 saturated carbocycles. The van der Waals surface area contributed by atoms with Gasteiger partial charge in [-0.25, -0.2) is 0 Å². The minimum atomic E-state index is -0.722. The van der Waals surface area contributed by atoms with E-state index >= 15 is 0 Å². The fraction of sp³-hybridized carbons (Fsp3) is 0.909. The summed E-state index contributed by atoms with van der Waals surface area (Å²) in [5.74, 6) is 0.243. The average Bonchev–Trinajstić information content (AvgIpc) is 2.09. The van der Waals surface area contributed by atoms with Crippen molar-refractivity contribution in [3.63, 3.8) is 0 Å². The molecule has 15 heavy (non-hydrogen) atoms. The quantitative estimate of drug-likeness (QED) is 0.662. The van der Waals surface area contributed by atoms with Crippen molar-refractivity contribution in [2.75, 3.05) is 7.11 Å². The standard InChI is InChI=1S/C11H21NO3/c1-7(9-5-4-6-9)12-10(8(2)13)11(14)15-3/h7-10,12-13H,4-6H2,1-3H3/t7-,8+,10-/m1/s1. The molecule has 2 N–H and O–H groups in total. The van der Waals surface area contributed by atoms with Crippen LogP contribution in [-0.2, 0) is 9.53 Å². The Morgan fingerprint density at radius 3 is 2.40 bits per heavy atom. The highest BCUT2D eigenvalue weighted by molar-refractivity contribution is 5.76. The highest BCUT2D eigenvalue weighted by Crippen LogP contribution is 2.29. The van der Waals surface area contributed by atoms with Crippen LogP contribution in [-0.4, -0.2) is 36.4 Å². The first-order valence-electron chi connectivity index (χ1n) is 5.58. The van der Waals surface area contributed by atoms with E-state index in [1.54, 1.807) is 6.92 Å². The van der Waals surface area contributed by atoms with Crippen LogP contribution in [0, 0.1) is 5.92 Å². The third kappa shape index (κ3) is 3.18. The fourth-order valence-electron chi connectivity index (χ4n) is 1.89. The van der Waals surface area contributed by atoms with Crippen LogP contribution in [0.4, 0.5) is 0 Å². The van der Waals surface area contributed by atoms with Gasteiger partial charge in [-0.2, -0.15) is 0 Å². The number of aliphatic hydroxyl groups is 1. The second-order valence-corrected chi connectivity index (χ2v) is 4.39. The average molecular weight is 215 g/mol. The number of nitrogens with one attached hydrogen (secondary N) is 1. The molecule has 0 amide bonds. The number of hydrogen-bond acceptors (Lipinski definition) is 4. The topological polar surface area (TPSA) is 58.6 Å². The van der Waals surface area contributed by atoms with E-state index in [0.29, 0.717) is 5.92 Å². The Bertz CT molecular complexity index is 214. The summed E-state index contributed by atoms with van der Waals surface area (Å²) in [5, 5.41) is 12.6. The highest BCUT2D eigenvalue weighted by atomic mass is 16.5. The first-order valence-corrected chi connectivity index (χ1v) is 5.58. The van der Waals surface area contributed by atoms with Gasteiger partial charge in [0, 0.05) is 6.04 Å². The minimum Gasteiger partial charge on any atom is -0.468 e. The maximum atomic E-state index is 11.4. The zero-order chi connectivity index (χ0) is 11.4. The number of esters is 1. The number of methoxy groups -OCH3 is 1. The van der Waals surface area contributed by atoms with E-state index in [2.05, 4.69) is 17.0 Å². The lowest BCUT2D eigenvalue weighted by atomic mass is 9.80. The van der Waals surface area contributed by atoms with Gasteiger partial charge in [0.05, 0.1) is 13.2 Å². The lowest BCUT2D eigenvalue weighted by molar-refractivity contribution is -0.146. The molecule has 0 aliphatic heterocycles. The molecule has 1 aliphatic rings. The van der Waals surface area contributed by atoms with Crippen molar-refractivity contribution in [2.24, 2.45) is 5.92 Å². The molecule has 0 aromatic rings. The summed E-state index contributed by atoms with van der Waals surface area (Å²) in [5.41, 5.74) is 0. The maximum absolute atomic E-state index is 11.4. The number of aliphatic hydroxyl groups excluding tert-OH is 1. The Hall–Kier alpha value is -0.610. The Morgan fingerprint density at radius 2 is 2.07 bits per heavy atom. The summed E-state index contributed by atoms with van der Waals surface area (Å²) < 4.78 is 4.64. The Balaban J connectivity index is 2.45. The molecule has 0 heterocycles. The molecule has 0 aromatic heterocycles. The Kier molecular flexibility index (Phi) is 4.54. The molecule has 0 bridgehead atoms. The molecule has 1 rings (SSSR count). The van der Waals surface area contributed by atoms with Gasteiger partial charge >= 0.3 is 5.97 Å². The van der Waals surface area contributed by atoms with Gasteiger partial charge in [-0.05, 0) is 32.6 Å². The van der Waals surface area contributed by atoms with Crippen molar-refractivity contribution >= 4 is 5.97 Å². The summed E-state index contributed by atoms with van der Waals surface area (Å²) in [4.78, 5) is 11.4. The molecular formula is C11H21NO3. The third-order valence-corrected chi connectivity index (χ3v) is 3.24. The maximum Gasteiger partial charge on any atom is 0.325 e. The van der Waals surface area contributed by atoms with E-state index < -0.39 is 18.1 Å². The van der Waals surface area contributed by atoms with Gasteiger partial charge in [-0.3, -0.25) is 10.1 Å². The number of ether oxygens (including phenoxy) is 1.